The van der Waals surface area contributed by atoms with Crippen LogP contribution in [0.4, 0.5) is 18.9 Å². The zero-order valence-electron chi connectivity index (χ0n) is 21.8. The zero-order valence-corrected chi connectivity index (χ0v) is 21.8. The van der Waals surface area contributed by atoms with Crippen molar-refractivity contribution in [2.75, 3.05) is 58.4 Å². The Morgan fingerprint density at radius 1 is 1.18 bits per heavy atom. The Kier molecular flexibility index (Phi) is 8.27. The maximum absolute atomic E-state index is 13.4. The molecule has 39 heavy (non-hydrogen) atoms. The molecule has 1 N–H and O–H groups in total. The van der Waals surface area contributed by atoms with Gasteiger partial charge in [0.05, 0.1) is 42.4 Å². The molecule has 5 rings (SSSR count). The van der Waals surface area contributed by atoms with Gasteiger partial charge in [-0.05, 0) is 44.8 Å². The van der Waals surface area contributed by atoms with E-state index in [1.807, 2.05) is 24.3 Å². The van der Waals surface area contributed by atoms with Crippen LogP contribution >= 0.6 is 0 Å². The van der Waals surface area contributed by atoms with Gasteiger partial charge in [-0.2, -0.15) is 13.2 Å². The van der Waals surface area contributed by atoms with Crippen LogP contribution in [0.5, 0.6) is 17.2 Å². The van der Waals surface area contributed by atoms with E-state index in [4.69, 9.17) is 23.9 Å². The van der Waals surface area contributed by atoms with Gasteiger partial charge in [0.15, 0.2) is 11.5 Å². The highest BCUT2D eigenvalue weighted by Gasteiger charge is 2.42. The lowest BCUT2D eigenvalue weighted by Crippen LogP contribution is -2.28. The van der Waals surface area contributed by atoms with Crippen LogP contribution in [0.2, 0.25) is 0 Å². The normalized spacial score (nSPS) is 18.1. The number of carbonyl (C=O) groups excluding carboxylic acids is 1. The van der Waals surface area contributed by atoms with Crippen molar-refractivity contribution in [2.24, 2.45) is 5.92 Å². The second-order valence-corrected chi connectivity index (χ2v) is 9.88. The highest BCUT2D eigenvalue weighted by atomic mass is 19.4. The number of fused-ring (bicyclic) bond motifs is 2. The summed E-state index contributed by atoms with van der Waals surface area (Å²) in [6.45, 7) is 5.03. The lowest BCUT2D eigenvalue weighted by atomic mass is 10.0. The number of hydrogen-bond donors (Lipinski definition) is 1. The Morgan fingerprint density at radius 2 is 1.97 bits per heavy atom. The number of hydrogen-bond acceptors (Lipinski definition) is 8. The van der Waals surface area contributed by atoms with Crippen molar-refractivity contribution >= 4 is 33.5 Å². The van der Waals surface area contributed by atoms with Crippen molar-refractivity contribution in [3.8, 4) is 17.2 Å². The average Bonchev–Trinajstić information content (AvgIpc) is 3.63. The fraction of sp³-hybridized carbons (Fsp3) is 0.500. The number of nitrogens with zero attached hydrogens (tertiary/aromatic N) is 2. The maximum Gasteiger partial charge on any atom is 0.491 e. The number of esters is 1. The smallest absolute Gasteiger partial charge is 0.490 e. The fourth-order valence-corrected chi connectivity index (χ4v) is 5.18. The number of ether oxygens (including phenoxy) is 4. The van der Waals surface area contributed by atoms with Gasteiger partial charge in [-0.25, -0.2) is 9.78 Å². The quantitative estimate of drug-likeness (QED) is 0.161. The third kappa shape index (κ3) is 6.14. The lowest BCUT2D eigenvalue weighted by Gasteiger charge is -2.21. The van der Waals surface area contributed by atoms with Gasteiger partial charge in [-0.3, -0.25) is 0 Å². The van der Waals surface area contributed by atoms with E-state index < -0.39 is 12.1 Å². The molecule has 3 aromatic rings. The van der Waals surface area contributed by atoms with Crippen LogP contribution in [0.1, 0.15) is 25.7 Å². The zero-order chi connectivity index (χ0) is 27.4. The summed E-state index contributed by atoms with van der Waals surface area (Å²) in [6, 6.07) is 8.92. The molecule has 0 bridgehead atoms. The fourth-order valence-electron chi connectivity index (χ4n) is 5.18. The first-order valence-corrected chi connectivity index (χ1v) is 13.2. The summed E-state index contributed by atoms with van der Waals surface area (Å²) < 4.78 is 62.1. The third-order valence-electron chi connectivity index (χ3n) is 7.14. The minimum Gasteiger partial charge on any atom is -0.490 e. The number of anilines is 1. The monoisotopic (exact) mass is 547 g/mol. The summed E-state index contributed by atoms with van der Waals surface area (Å²) in [4.78, 5) is 19.1. The summed E-state index contributed by atoms with van der Waals surface area (Å²) in [6.07, 6.45) is -1.26. The predicted octanol–water partition coefficient (Wildman–Crippen LogP) is 5.18. The van der Waals surface area contributed by atoms with Crippen molar-refractivity contribution in [1.29, 1.82) is 0 Å². The number of pyridine rings is 1. The summed E-state index contributed by atoms with van der Waals surface area (Å²) in [5, 5.41) is 4.27. The number of likely N-dealkylation sites (tertiary alicyclic amines) is 1. The lowest BCUT2D eigenvalue weighted by molar-refractivity contribution is -0.189. The number of para-hydroxylation sites is 1. The minimum absolute atomic E-state index is 0.0920. The molecule has 1 atom stereocenters. The van der Waals surface area contributed by atoms with E-state index in [1.54, 1.807) is 6.07 Å². The number of benzene rings is 2. The number of methoxy groups -OCH3 is 1. The van der Waals surface area contributed by atoms with E-state index in [2.05, 4.69) is 10.2 Å². The first kappa shape index (κ1) is 27.3. The number of nitrogens with one attached hydrogen (secondary N) is 1. The van der Waals surface area contributed by atoms with Gasteiger partial charge in [-0.15, -0.1) is 0 Å². The molecular weight excluding hydrogens is 515 g/mol. The molecule has 2 fully saturated rings. The molecular formula is C28H32F3N3O5. The SMILES string of the molecule is COc1c(OCCCN2CCCC2)cc2nc3ccccc3c(NCC3CCOC3)c2c1OC(=O)C(F)(F)F. The molecule has 1 aromatic heterocycles. The van der Waals surface area contributed by atoms with E-state index >= 15 is 0 Å². The highest BCUT2D eigenvalue weighted by Crippen LogP contribution is 2.48. The standard InChI is InChI=1S/C28H32F3N3O5/c1-36-25-22(38-13-6-12-34-10-4-5-11-34)15-21-23(26(25)39-27(35)28(29,30)31)24(32-16-18-9-14-37-17-18)19-7-2-3-8-20(19)33-21/h2-3,7-8,15,18H,4-6,9-14,16-17H2,1H3,(H,32,33). The highest BCUT2D eigenvalue weighted by molar-refractivity contribution is 6.12. The van der Waals surface area contributed by atoms with Crippen LogP contribution in [0.25, 0.3) is 21.8 Å². The molecule has 210 valence electrons. The van der Waals surface area contributed by atoms with E-state index in [0.717, 1.165) is 32.5 Å². The molecule has 3 heterocycles. The Bertz CT molecular complexity index is 1320. The van der Waals surface area contributed by atoms with Gasteiger partial charge < -0.3 is 29.2 Å². The van der Waals surface area contributed by atoms with Crippen molar-refractivity contribution in [3.63, 3.8) is 0 Å². The van der Waals surface area contributed by atoms with Crippen LogP contribution in [0, 0.1) is 5.92 Å². The predicted molar refractivity (Wildman–Crippen MR) is 141 cm³/mol. The molecule has 1 unspecified atom stereocenters. The van der Waals surface area contributed by atoms with Crippen LogP contribution in [0.15, 0.2) is 30.3 Å². The van der Waals surface area contributed by atoms with E-state index in [1.165, 1.54) is 20.0 Å². The molecule has 2 aromatic carbocycles. The first-order chi connectivity index (χ1) is 18.8. The van der Waals surface area contributed by atoms with Gasteiger partial charge in [0.1, 0.15) is 0 Å². The van der Waals surface area contributed by atoms with Crippen molar-refractivity contribution in [1.82, 2.24) is 9.88 Å². The van der Waals surface area contributed by atoms with Crippen molar-refractivity contribution in [2.45, 2.75) is 31.9 Å². The summed E-state index contributed by atoms with van der Waals surface area (Å²) >= 11 is 0. The van der Waals surface area contributed by atoms with Crippen LogP contribution < -0.4 is 19.5 Å². The van der Waals surface area contributed by atoms with Crippen molar-refractivity contribution in [3.05, 3.63) is 30.3 Å². The number of carbonyl (C=O) groups is 1. The number of aromatic nitrogens is 1. The van der Waals surface area contributed by atoms with E-state index in [9.17, 15) is 18.0 Å². The molecule has 2 aliphatic heterocycles. The Morgan fingerprint density at radius 3 is 2.69 bits per heavy atom. The van der Waals surface area contributed by atoms with Gasteiger partial charge in [-0.1, -0.05) is 18.2 Å². The molecule has 0 radical (unpaired) electrons. The molecule has 8 nitrogen and oxygen atoms in total. The van der Waals surface area contributed by atoms with E-state index in [-0.39, 0.29) is 28.6 Å². The van der Waals surface area contributed by atoms with Gasteiger partial charge >= 0.3 is 12.1 Å². The van der Waals surface area contributed by atoms with Crippen LogP contribution in [-0.2, 0) is 9.53 Å². The topological polar surface area (TPSA) is 82.2 Å². The summed E-state index contributed by atoms with van der Waals surface area (Å²) in [5.74, 6) is -2.43. The molecule has 0 aliphatic carbocycles. The largest absolute Gasteiger partial charge is 0.491 e. The number of halogens is 3. The molecule has 0 spiro atoms. The van der Waals surface area contributed by atoms with Crippen LogP contribution in [-0.4, -0.2) is 75.1 Å². The minimum atomic E-state index is -5.21. The maximum atomic E-state index is 13.4. The summed E-state index contributed by atoms with van der Waals surface area (Å²) in [7, 11) is 1.31. The molecule has 0 amide bonds. The summed E-state index contributed by atoms with van der Waals surface area (Å²) in [5.41, 5.74) is 1.46. The number of rotatable bonds is 10. The van der Waals surface area contributed by atoms with Gasteiger partial charge in [0.2, 0.25) is 5.75 Å². The number of alkyl halides is 3. The van der Waals surface area contributed by atoms with E-state index in [0.29, 0.717) is 48.5 Å². The second-order valence-electron chi connectivity index (χ2n) is 9.88. The van der Waals surface area contributed by atoms with Crippen molar-refractivity contribution < 1.29 is 36.9 Å². The Labute approximate surface area is 224 Å². The molecule has 11 heteroatoms. The first-order valence-electron chi connectivity index (χ1n) is 13.2. The molecule has 0 saturated carbocycles. The molecule has 2 aliphatic rings. The van der Waals surface area contributed by atoms with Gasteiger partial charge in [0, 0.05) is 37.1 Å². The van der Waals surface area contributed by atoms with Crippen LogP contribution in [0.3, 0.4) is 0 Å². The molecule has 2 saturated heterocycles. The second kappa shape index (κ2) is 11.8. The third-order valence-corrected chi connectivity index (χ3v) is 7.14. The Hall–Kier alpha value is -3.31. The average molecular weight is 548 g/mol. The van der Waals surface area contributed by atoms with Gasteiger partial charge in [0.25, 0.3) is 0 Å². The Balaban J connectivity index is 1.58.